The summed E-state index contributed by atoms with van der Waals surface area (Å²) in [4.78, 5) is 34.1. The molecule has 1 N–H and O–H groups in total. The van der Waals surface area contributed by atoms with Crippen molar-refractivity contribution in [2.24, 2.45) is 5.92 Å². The van der Waals surface area contributed by atoms with Gasteiger partial charge in [0, 0.05) is 12.1 Å². The van der Waals surface area contributed by atoms with Crippen LogP contribution >= 0.6 is 0 Å². The Balaban J connectivity index is 1.79. The van der Waals surface area contributed by atoms with Crippen LogP contribution in [0.2, 0.25) is 0 Å². The number of hydrogen-bond acceptors (Lipinski definition) is 6. The number of benzene rings is 2. The van der Waals surface area contributed by atoms with E-state index in [0.29, 0.717) is 5.92 Å². The van der Waals surface area contributed by atoms with Gasteiger partial charge in [-0.15, -0.1) is 0 Å². The largest absolute Gasteiger partial charge is 0.482 e. The zero-order valence-corrected chi connectivity index (χ0v) is 16.4. The number of carbonyl (C=O) groups is 2. The van der Waals surface area contributed by atoms with Crippen LogP contribution in [0.25, 0.3) is 0 Å². The Bertz CT molecular complexity index is 821. The minimum Gasteiger partial charge on any atom is -0.482 e. The predicted octanol–water partition coefficient (Wildman–Crippen LogP) is 3.42. The molecule has 0 unspecified atom stereocenters. The van der Waals surface area contributed by atoms with E-state index >= 15 is 0 Å². The van der Waals surface area contributed by atoms with Gasteiger partial charge in [-0.05, 0) is 30.0 Å². The van der Waals surface area contributed by atoms with Gasteiger partial charge in [-0.25, -0.2) is 4.79 Å². The van der Waals surface area contributed by atoms with Gasteiger partial charge in [-0.1, -0.05) is 44.2 Å². The lowest BCUT2D eigenvalue weighted by molar-refractivity contribution is -0.384. The van der Waals surface area contributed by atoms with Gasteiger partial charge >= 0.3 is 5.97 Å². The number of amides is 1. The number of esters is 1. The molecule has 0 heterocycles. The summed E-state index contributed by atoms with van der Waals surface area (Å²) >= 11 is 0. The van der Waals surface area contributed by atoms with Gasteiger partial charge in [-0.3, -0.25) is 14.9 Å². The first-order valence-corrected chi connectivity index (χ1v) is 9.22. The number of nitro groups is 1. The molecule has 0 fully saturated rings. The molecule has 154 valence electrons. The van der Waals surface area contributed by atoms with E-state index in [1.54, 1.807) is 0 Å². The molecule has 0 aromatic heterocycles. The molecule has 0 spiro atoms. The summed E-state index contributed by atoms with van der Waals surface area (Å²) in [6.45, 7) is 3.32. The molecule has 0 aliphatic heterocycles. The highest BCUT2D eigenvalue weighted by molar-refractivity contribution is 5.81. The minimum atomic E-state index is -0.710. The van der Waals surface area contributed by atoms with Crippen molar-refractivity contribution in [2.45, 2.75) is 26.3 Å². The van der Waals surface area contributed by atoms with Crippen LogP contribution in [-0.4, -0.2) is 30.0 Å². The summed E-state index contributed by atoms with van der Waals surface area (Å²) in [5, 5.41) is 13.5. The van der Waals surface area contributed by atoms with Gasteiger partial charge in [0.05, 0.1) is 11.0 Å². The van der Waals surface area contributed by atoms with Crippen LogP contribution in [-0.2, 0) is 14.3 Å². The highest BCUT2D eigenvalue weighted by atomic mass is 16.6. The first-order valence-electron chi connectivity index (χ1n) is 9.22. The van der Waals surface area contributed by atoms with Gasteiger partial charge in [0.1, 0.15) is 5.75 Å². The molecular formula is C21H24N2O6. The number of non-ortho nitro benzene ring substituents is 1. The molecule has 0 aliphatic carbocycles. The number of hydrogen-bond donors (Lipinski definition) is 1. The smallest absolute Gasteiger partial charge is 0.344 e. The Morgan fingerprint density at radius 3 is 2.28 bits per heavy atom. The van der Waals surface area contributed by atoms with Crippen LogP contribution in [0, 0.1) is 16.0 Å². The van der Waals surface area contributed by atoms with Crippen LogP contribution in [0.1, 0.15) is 31.9 Å². The molecule has 0 saturated carbocycles. The fourth-order valence-electron chi connectivity index (χ4n) is 2.67. The van der Waals surface area contributed by atoms with E-state index in [1.807, 2.05) is 30.3 Å². The molecule has 1 atom stereocenters. The summed E-state index contributed by atoms with van der Waals surface area (Å²) in [6.07, 6.45) is 0.757. The second-order valence-electron chi connectivity index (χ2n) is 6.86. The first-order chi connectivity index (χ1) is 13.8. The van der Waals surface area contributed by atoms with E-state index in [4.69, 9.17) is 9.47 Å². The van der Waals surface area contributed by atoms with E-state index in [0.717, 1.165) is 12.0 Å². The third-order valence-corrected chi connectivity index (χ3v) is 4.01. The van der Waals surface area contributed by atoms with E-state index in [2.05, 4.69) is 19.2 Å². The van der Waals surface area contributed by atoms with Crippen LogP contribution in [0.5, 0.6) is 5.75 Å². The second kappa shape index (κ2) is 10.8. The number of ether oxygens (including phenoxy) is 2. The zero-order valence-electron chi connectivity index (χ0n) is 16.4. The summed E-state index contributed by atoms with van der Waals surface area (Å²) in [5.74, 6) is -0.446. The molecule has 0 saturated heterocycles. The van der Waals surface area contributed by atoms with E-state index in [-0.39, 0.29) is 17.5 Å². The Kier molecular flexibility index (Phi) is 8.14. The Morgan fingerprint density at radius 1 is 1.03 bits per heavy atom. The Morgan fingerprint density at radius 2 is 1.69 bits per heavy atom. The van der Waals surface area contributed by atoms with Crippen molar-refractivity contribution in [1.82, 2.24) is 5.32 Å². The summed E-state index contributed by atoms with van der Waals surface area (Å²) in [7, 11) is 0. The molecule has 0 bridgehead atoms. The molecule has 8 nitrogen and oxygen atoms in total. The fraction of sp³-hybridized carbons (Fsp3) is 0.333. The maximum atomic E-state index is 12.2. The maximum absolute atomic E-state index is 12.2. The minimum absolute atomic E-state index is 0.0778. The second-order valence-corrected chi connectivity index (χ2v) is 6.86. The molecule has 2 aromatic carbocycles. The topological polar surface area (TPSA) is 108 Å². The fourth-order valence-corrected chi connectivity index (χ4v) is 2.67. The molecule has 8 heteroatoms. The van der Waals surface area contributed by atoms with Gasteiger partial charge in [0.15, 0.2) is 13.2 Å². The number of rotatable bonds is 10. The Hall–Kier alpha value is -3.42. The highest BCUT2D eigenvalue weighted by Crippen LogP contribution is 2.21. The normalized spacial score (nSPS) is 11.6. The monoisotopic (exact) mass is 400 g/mol. The average molecular weight is 400 g/mol. The molecule has 2 aromatic rings. The van der Waals surface area contributed by atoms with Crippen molar-refractivity contribution in [3.63, 3.8) is 0 Å². The van der Waals surface area contributed by atoms with Crippen LogP contribution in [0.3, 0.4) is 0 Å². The molecular weight excluding hydrogens is 376 g/mol. The zero-order chi connectivity index (χ0) is 21.2. The lowest BCUT2D eigenvalue weighted by Gasteiger charge is -2.21. The predicted molar refractivity (Wildman–Crippen MR) is 106 cm³/mol. The quantitative estimate of drug-likeness (QED) is 0.372. The van der Waals surface area contributed by atoms with Crippen LogP contribution < -0.4 is 10.1 Å². The first kappa shape index (κ1) is 21.9. The van der Waals surface area contributed by atoms with Crippen LogP contribution in [0.4, 0.5) is 5.69 Å². The summed E-state index contributed by atoms with van der Waals surface area (Å²) in [6, 6.07) is 14.7. The van der Waals surface area contributed by atoms with Crippen molar-refractivity contribution in [3.05, 3.63) is 70.3 Å². The Labute approximate surface area is 169 Å². The number of nitrogens with zero attached hydrogens (tertiary/aromatic N) is 1. The maximum Gasteiger partial charge on any atom is 0.344 e. The van der Waals surface area contributed by atoms with Crippen molar-refractivity contribution in [1.29, 1.82) is 0 Å². The highest BCUT2D eigenvalue weighted by Gasteiger charge is 2.17. The molecule has 0 aliphatic rings. The summed E-state index contributed by atoms with van der Waals surface area (Å²) < 4.78 is 10.2. The number of nitro benzene ring substituents is 1. The number of nitrogens with one attached hydrogen (secondary N) is 1. The van der Waals surface area contributed by atoms with Crippen molar-refractivity contribution in [2.75, 3.05) is 13.2 Å². The lowest BCUT2D eigenvalue weighted by Crippen LogP contribution is -2.33. The summed E-state index contributed by atoms with van der Waals surface area (Å²) in [5.41, 5.74) is 0.911. The third-order valence-electron chi connectivity index (χ3n) is 4.01. The molecule has 1 amide bonds. The van der Waals surface area contributed by atoms with Crippen molar-refractivity contribution < 1.29 is 24.0 Å². The number of carbonyl (C=O) groups excluding carboxylic acids is 2. The molecule has 0 radical (unpaired) electrons. The van der Waals surface area contributed by atoms with Crippen molar-refractivity contribution in [3.8, 4) is 5.75 Å². The lowest BCUT2D eigenvalue weighted by atomic mass is 9.97. The standard InChI is InChI=1S/C21H24N2O6/c1-15(2)12-19(16-6-4-3-5-7-16)22-20(24)13-29-21(25)14-28-18-10-8-17(9-11-18)23(26)27/h3-11,15,19H,12-14H2,1-2H3,(H,22,24)/t19-/m1/s1. The molecule has 2 rings (SSSR count). The van der Waals surface area contributed by atoms with Crippen molar-refractivity contribution >= 4 is 17.6 Å². The van der Waals surface area contributed by atoms with Gasteiger partial charge in [0.2, 0.25) is 0 Å². The van der Waals surface area contributed by atoms with E-state index < -0.39 is 30.0 Å². The molecule has 29 heavy (non-hydrogen) atoms. The van der Waals surface area contributed by atoms with Gasteiger partial charge in [-0.2, -0.15) is 0 Å². The average Bonchev–Trinajstić information content (AvgIpc) is 2.71. The van der Waals surface area contributed by atoms with Crippen LogP contribution in [0.15, 0.2) is 54.6 Å². The van der Waals surface area contributed by atoms with E-state index in [9.17, 15) is 19.7 Å². The van der Waals surface area contributed by atoms with Gasteiger partial charge in [0.25, 0.3) is 11.6 Å². The van der Waals surface area contributed by atoms with E-state index in [1.165, 1.54) is 24.3 Å². The third kappa shape index (κ3) is 7.61. The van der Waals surface area contributed by atoms with Gasteiger partial charge < -0.3 is 14.8 Å². The SMILES string of the molecule is CC(C)C[C@@H](NC(=O)COC(=O)COc1ccc([N+](=O)[O-])cc1)c1ccccc1.